The molecule has 0 fully saturated rings. The number of hydrogen-bond acceptors (Lipinski definition) is 4. The molecule has 0 saturated carbocycles. The van der Waals surface area contributed by atoms with Crippen molar-refractivity contribution in [2.75, 3.05) is 26.4 Å². The van der Waals surface area contributed by atoms with Crippen LogP contribution in [0.5, 0.6) is 0 Å². The normalized spacial score (nSPS) is 13.3. The van der Waals surface area contributed by atoms with Crippen molar-refractivity contribution < 1.29 is 5.11 Å². The van der Waals surface area contributed by atoms with Gasteiger partial charge in [-0.1, -0.05) is 6.92 Å². The van der Waals surface area contributed by atoms with Crippen molar-refractivity contribution in [3.05, 3.63) is 17.0 Å². The highest BCUT2D eigenvalue weighted by atomic mass is 32.2. The van der Waals surface area contributed by atoms with Gasteiger partial charge < -0.3 is 10.0 Å². The van der Waals surface area contributed by atoms with E-state index in [1.54, 1.807) is 11.3 Å². The van der Waals surface area contributed by atoms with E-state index in [0.29, 0.717) is 0 Å². The molecule has 92 valence electrons. The molecular formula is C12H21NOS2. The molecule has 0 spiro atoms. The number of aliphatic hydroxyl groups is 1. The van der Waals surface area contributed by atoms with Crippen LogP contribution in [-0.4, -0.2) is 36.4 Å². The van der Waals surface area contributed by atoms with Crippen LogP contribution in [0, 0.1) is 0 Å². The number of rotatable bonds is 7. The maximum absolute atomic E-state index is 9.98. The lowest BCUT2D eigenvalue weighted by Gasteiger charge is -2.12. The van der Waals surface area contributed by atoms with Crippen molar-refractivity contribution >= 4 is 23.1 Å². The van der Waals surface area contributed by atoms with Gasteiger partial charge in [-0.3, -0.25) is 0 Å². The highest BCUT2D eigenvalue weighted by Crippen LogP contribution is 2.32. The first-order valence-corrected chi connectivity index (χ1v) is 7.49. The van der Waals surface area contributed by atoms with E-state index in [1.807, 2.05) is 25.9 Å². The lowest BCUT2D eigenvalue weighted by atomic mass is 10.2. The number of thiophene rings is 1. The Balaban J connectivity index is 2.43. The minimum absolute atomic E-state index is 0.302. The second-order valence-electron chi connectivity index (χ2n) is 4.11. The molecule has 0 aromatic carbocycles. The lowest BCUT2D eigenvalue weighted by Crippen LogP contribution is -2.15. The molecule has 16 heavy (non-hydrogen) atoms. The van der Waals surface area contributed by atoms with E-state index < -0.39 is 0 Å². The van der Waals surface area contributed by atoms with Crippen molar-refractivity contribution in [1.29, 1.82) is 0 Å². The zero-order chi connectivity index (χ0) is 12.0. The summed E-state index contributed by atoms with van der Waals surface area (Å²) in [6, 6.07) is 4.18. The highest BCUT2D eigenvalue weighted by Gasteiger charge is 2.10. The summed E-state index contributed by atoms with van der Waals surface area (Å²) in [7, 11) is 4.06. The summed E-state index contributed by atoms with van der Waals surface area (Å²) < 4.78 is 1.32. The fraction of sp³-hybridized carbons (Fsp3) is 0.667. The lowest BCUT2D eigenvalue weighted by molar-refractivity contribution is 0.158. The monoisotopic (exact) mass is 259 g/mol. The van der Waals surface area contributed by atoms with Crippen LogP contribution in [0.2, 0.25) is 0 Å². The molecule has 0 amide bonds. The summed E-state index contributed by atoms with van der Waals surface area (Å²) in [6.07, 6.45) is 1.70. The van der Waals surface area contributed by atoms with Crippen LogP contribution in [0.3, 0.4) is 0 Å². The summed E-state index contributed by atoms with van der Waals surface area (Å²) in [4.78, 5) is 3.20. The fourth-order valence-electron chi connectivity index (χ4n) is 1.32. The van der Waals surface area contributed by atoms with Gasteiger partial charge in [-0.05, 0) is 44.8 Å². The first-order valence-electron chi connectivity index (χ1n) is 5.68. The molecule has 1 heterocycles. The zero-order valence-corrected chi connectivity index (χ0v) is 11.9. The molecule has 0 bridgehead atoms. The Bertz CT molecular complexity index is 299. The molecule has 1 atom stereocenters. The number of aliphatic hydroxyl groups excluding tert-OH is 1. The van der Waals surface area contributed by atoms with Crippen LogP contribution >= 0.6 is 23.1 Å². The van der Waals surface area contributed by atoms with Crippen LogP contribution in [-0.2, 0) is 0 Å². The third kappa shape index (κ3) is 4.87. The predicted molar refractivity (Wildman–Crippen MR) is 73.5 cm³/mol. The summed E-state index contributed by atoms with van der Waals surface area (Å²) in [5.74, 6) is 1.16. The van der Waals surface area contributed by atoms with Crippen molar-refractivity contribution in [3.8, 4) is 0 Å². The van der Waals surface area contributed by atoms with Crippen molar-refractivity contribution in [3.63, 3.8) is 0 Å². The summed E-state index contributed by atoms with van der Waals surface area (Å²) in [5.41, 5.74) is 0. The van der Waals surface area contributed by atoms with Crippen LogP contribution in [0.1, 0.15) is 30.7 Å². The molecular weight excluding hydrogens is 238 g/mol. The molecule has 0 aliphatic rings. The Labute approximate surface area is 107 Å². The predicted octanol–water partition coefficient (Wildman–Crippen LogP) is 3.24. The van der Waals surface area contributed by atoms with E-state index in [9.17, 15) is 5.11 Å². The SMILES string of the molecule is CCCSc1ccc(C(O)CCN(C)C)s1. The second-order valence-corrected chi connectivity index (χ2v) is 6.62. The molecule has 4 heteroatoms. The Hall–Kier alpha value is -0.0300. The molecule has 1 unspecified atom stereocenters. The Morgan fingerprint density at radius 2 is 2.19 bits per heavy atom. The Morgan fingerprint density at radius 3 is 2.81 bits per heavy atom. The molecule has 0 saturated heterocycles. The smallest absolute Gasteiger partial charge is 0.0894 e. The van der Waals surface area contributed by atoms with E-state index in [4.69, 9.17) is 0 Å². The van der Waals surface area contributed by atoms with E-state index in [-0.39, 0.29) is 6.10 Å². The van der Waals surface area contributed by atoms with Gasteiger partial charge in [0.2, 0.25) is 0 Å². The molecule has 1 aromatic rings. The molecule has 1 aromatic heterocycles. The molecule has 0 aliphatic heterocycles. The average molecular weight is 259 g/mol. The fourth-order valence-corrected chi connectivity index (χ4v) is 3.42. The molecule has 0 radical (unpaired) electrons. The van der Waals surface area contributed by atoms with Gasteiger partial charge in [0.1, 0.15) is 0 Å². The van der Waals surface area contributed by atoms with Gasteiger partial charge >= 0.3 is 0 Å². The molecule has 0 aliphatic carbocycles. The van der Waals surface area contributed by atoms with Gasteiger partial charge in [0.15, 0.2) is 0 Å². The first kappa shape index (κ1) is 14.0. The van der Waals surface area contributed by atoms with E-state index in [2.05, 4.69) is 24.0 Å². The molecule has 1 N–H and O–H groups in total. The van der Waals surface area contributed by atoms with Gasteiger partial charge in [-0.2, -0.15) is 0 Å². The number of nitrogens with zero attached hydrogens (tertiary/aromatic N) is 1. The second kappa shape index (κ2) is 7.33. The van der Waals surface area contributed by atoms with Crippen molar-refractivity contribution in [1.82, 2.24) is 4.90 Å². The van der Waals surface area contributed by atoms with Crippen LogP contribution in [0.25, 0.3) is 0 Å². The minimum Gasteiger partial charge on any atom is -0.388 e. The quantitative estimate of drug-likeness (QED) is 0.761. The molecule has 2 nitrogen and oxygen atoms in total. The van der Waals surface area contributed by atoms with Gasteiger partial charge in [0.05, 0.1) is 10.3 Å². The average Bonchev–Trinajstić information content (AvgIpc) is 2.71. The Kier molecular flexibility index (Phi) is 6.43. The summed E-state index contributed by atoms with van der Waals surface area (Å²) in [6.45, 7) is 3.12. The Morgan fingerprint density at radius 1 is 1.44 bits per heavy atom. The maximum atomic E-state index is 9.98. The van der Waals surface area contributed by atoms with Crippen molar-refractivity contribution in [2.45, 2.75) is 30.1 Å². The van der Waals surface area contributed by atoms with Gasteiger partial charge in [-0.25, -0.2) is 0 Å². The third-order valence-corrected chi connectivity index (χ3v) is 4.85. The van der Waals surface area contributed by atoms with Crippen LogP contribution in [0.4, 0.5) is 0 Å². The van der Waals surface area contributed by atoms with E-state index >= 15 is 0 Å². The summed E-state index contributed by atoms with van der Waals surface area (Å²) >= 11 is 3.61. The zero-order valence-electron chi connectivity index (χ0n) is 10.3. The van der Waals surface area contributed by atoms with E-state index in [0.717, 1.165) is 23.6 Å². The van der Waals surface area contributed by atoms with Crippen LogP contribution < -0.4 is 0 Å². The summed E-state index contributed by atoms with van der Waals surface area (Å²) in [5, 5.41) is 9.98. The van der Waals surface area contributed by atoms with Crippen LogP contribution in [0.15, 0.2) is 16.3 Å². The highest BCUT2D eigenvalue weighted by molar-refractivity contribution is 8.01. The minimum atomic E-state index is -0.302. The van der Waals surface area contributed by atoms with Gasteiger partial charge in [-0.15, -0.1) is 23.1 Å². The van der Waals surface area contributed by atoms with Gasteiger partial charge in [0, 0.05) is 11.4 Å². The first-order chi connectivity index (χ1) is 7.63. The van der Waals surface area contributed by atoms with Gasteiger partial charge in [0.25, 0.3) is 0 Å². The van der Waals surface area contributed by atoms with E-state index in [1.165, 1.54) is 10.6 Å². The topological polar surface area (TPSA) is 23.5 Å². The maximum Gasteiger partial charge on any atom is 0.0894 e. The molecule has 1 rings (SSSR count). The number of thioether (sulfide) groups is 1. The largest absolute Gasteiger partial charge is 0.388 e. The van der Waals surface area contributed by atoms with Crippen molar-refractivity contribution in [2.24, 2.45) is 0 Å². The number of hydrogen-bond donors (Lipinski definition) is 1. The standard InChI is InChI=1S/C12H21NOS2/c1-4-9-15-12-6-5-11(16-12)10(14)7-8-13(2)3/h5-6,10,14H,4,7-9H2,1-3H3. The third-order valence-electron chi connectivity index (χ3n) is 2.23.